The molecule has 9 nitrogen and oxygen atoms in total. The summed E-state index contributed by atoms with van der Waals surface area (Å²) in [5, 5.41) is 6.00. The second kappa shape index (κ2) is 7.17. The first-order valence-electron chi connectivity index (χ1n) is 6.63. The van der Waals surface area contributed by atoms with Crippen LogP contribution in [0, 0.1) is 0 Å². The van der Waals surface area contributed by atoms with Crippen LogP contribution in [0.5, 0.6) is 0 Å². The molecule has 0 unspecified atom stereocenters. The monoisotopic (exact) mass is 290 g/mol. The number of hydrogen-bond donors (Lipinski definition) is 3. The predicted molar refractivity (Wildman–Crippen MR) is 78.0 cm³/mol. The van der Waals surface area contributed by atoms with E-state index in [1.54, 1.807) is 30.3 Å². The number of amides is 1. The molecule has 21 heavy (non-hydrogen) atoms. The van der Waals surface area contributed by atoms with Crippen LogP contribution in [0.1, 0.15) is 19.3 Å². The number of primary amides is 1. The molecule has 0 bridgehead atoms. The van der Waals surface area contributed by atoms with Gasteiger partial charge in [-0.3, -0.25) is 9.36 Å². The first-order chi connectivity index (χ1) is 10.2. The molecule has 2 heterocycles. The van der Waals surface area contributed by atoms with E-state index in [-0.39, 0.29) is 5.91 Å². The van der Waals surface area contributed by atoms with Gasteiger partial charge < -0.3 is 16.4 Å². The largest absolute Gasteiger partial charge is 0.370 e. The Labute approximate surface area is 122 Å². The van der Waals surface area contributed by atoms with Gasteiger partial charge in [-0.2, -0.15) is 15.0 Å². The molecule has 0 aliphatic rings. The molecule has 0 saturated carbocycles. The van der Waals surface area contributed by atoms with Gasteiger partial charge in [0, 0.05) is 32.4 Å². The van der Waals surface area contributed by atoms with Gasteiger partial charge in [0.1, 0.15) is 6.33 Å². The topological polar surface area (TPSA) is 124 Å². The molecular weight excluding hydrogens is 272 g/mol. The van der Waals surface area contributed by atoms with Gasteiger partial charge in [-0.1, -0.05) is 0 Å². The van der Waals surface area contributed by atoms with Crippen LogP contribution in [0.15, 0.2) is 18.7 Å². The van der Waals surface area contributed by atoms with Gasteiger partial charge in [-0.05, 0) is 12.8 Å². The molecule has 2 rings (SSSR count). The summed E-state index contributed by atoms with van der Waals surface area (Å²) < 4.78 is 1.70. The van der Waals surface area contributed by atoms with Gasteiger partial charge in [0.25, 0.3) is 0 Å². The number of carbonyl (C=O) groups excluding carboxylic acids is 1. The third kappa shape index (κ3) is 4.41. The second-order valence-corrected chi connectivity index (χ2v) is 4.35. The molecule has 0 aromatic carbocycles. The molecule has 0 aliphatic carbocycles. The van der Waals surface area contributed by atoms with Crippen molar-refractivity contribution in [3.05, 3.63) is 18.7 Å². The Morgan fingerprint density at radius 2 is 2.10 bits per heavy atom. The molecule has 4 N–H and O–H groups in total. The highest BCUT2D eigenvalue weighted by Crippen LogP contribution is 2.09. The first kappa shape index (κ1) is 14.7. The van der Waals surface area contributed by atoms with Gasteiger partial charge in [-0.15, -0.1) is 0 Å². The van der Waals surface area contributed by atoms with Crippen molar-refractivity contribution in [2.45, 2.75) is 19.3 Å². The summed E-state index contributed by atoms with van der Waals surface area (Å²) in [6, 6.07) is 0. The summed E-state index contributed by atoms with van der Waals surface area (Å²) in [7, 11) is 1.74. The van der Waals surface area contributed by atoms with Crippen LogP contribution >= 0.6 is 0 Å². The molecule has 0 radical (unpaired) electrons. The number of rotatable bonds is 8. The number of nitrogens with zero attached hydrogens (tertiary/aromatic N) is 5. The van der Waals surface area contributed by atoms with Crippen molar-refractivity contribution in [1.82, 2.24) is 24.5 Å². The SMILES string of the molecule is CNc1nc(NCCCCC(N)=O)nc(-n2ccnc2)n1. The van der Waals surface area contributed by atoms with Crippen molar-refractivity contribution in [3.8, 4) is 5.95 Å². The summed E-state index contributed by atoms with van der Waals surface area (Å²) in [4.78, 5) is 27.4. The molecule has 0 fully saturated rings. The molecule has 1 amide bonds. The molecule has 112 valence electrons. The molecule has 0 aliphatic heterocycles. The number of imidazole rings is 1. The van der Waals surface area contributed by atoms with Crippen LogP contribution < -0.4 is 16.4 Å². The number of carbonyl (C=O) groups is 1. The third-order valence-electron chi connectivity index (χ3n) is 2.72. The van der Waals surface area contributed by atoms with Crippen LogP contribution in [0.2, 0.25) is 0 Å². The van der Waals surface area contributed by atoms with Crippen molar-refractivity contribution < 1.29 is 4.79 Å². The van der Waals surface area contributed by atoms with Gasteiger partial charge >= 0.3 is 0 Å². The van der Waals surface area contributed by atoms with Gasteiger partial charge in [-0.25, -0.2) is 4.98 Å². The first-order valence-corrected chi connectivity index (χ1v) is 6.63. The highest BCUT2D eigenvalue weighted by Gasteiger charge is 2.06. The van der Waals surface area contributed by atoms with Crippen LogP contribution in [0.25, 0.3) is 5.95 Å². The second-order valence-electron chi connectivity index (χ2n) is 4.35. The number of aromatic nitrogens is 5. The molecule has 0 saturated heterocycles. The Balaban J connectivity index is 1.99. The van der Waals surface area contributed by atoms with Gasteiger partial charge in [0.2, 0.25) is 23.8 Å². The Kier molecular flexibility index (Phi) is 5.02. The zero-order chi connectivity index (χ0) is 15.1. The molecular formula is C12H18N8O. The fourth-order valence-corrected chi connectivity index (χ4v) is 1.67. The summed E-state index contributed by atoms with van der Waals surface area (Å²) in [6.45, 7) is 0.657. The minimum absolute atomic E-state index is 0.282. The Hall–Kier alpha value is -2.71. The third-order valence-corrected chi connectivity index (χ3v) is 2.72. The smallest absolute Gasteiger partial charge is 0.241 e. The maximum atomic E-state index is 10.6. The maximum absolute atomic E-state index is 10.6. The van der Waals surface area contributed by atoms with Crippen LogP contribution in [-0.4, -0.2) is 44.0 Å². The summed E-state index contributed by atoms with van der Waals surface area (Å²) in [5.41, 5.74) is 5.09. The standard InChI is InChI=1S/C12H18N8O/c1-14-10-17-11(16-5-3-2-4-9(13)21)19-12(18-10)20-7-6-15-8-20/h6-8H,2-5H2,1H3,(H2,13,21)(H2,14,16,17,18,19). The zero-order valence-electron chi connectivity index (χ0n) is 11.8. The summed E-state index contributed by atoms with van der Waals surface area (Å²) in [5.74, 6) is 1.13. The van der Waals surface area contributed by atoms with Crippen LogP contribution in [0.4, 0.5) is 11.9 Å². The fraction of sp³-hybridized carbons (Fsp3) is 0.417. The van der Waals surface area contributed by atoms with Crippen molar-refractivity contribution in [2.24, 2.45) is 5.73 Å². The van der Waals surface area contributed by atoms with E-state index in [0.29, 0.717) is 30.8 Å². The van der Waals surface area contributed by atoms with Crippen molar-refractivity contribution in [1.29, 1.82) is 0 Å². The molecule has 9 heteroatoms. The Morgan fingerprint density at radius 1 is 1.29 bits per heavy atom. The van der Waals surface area contributed by atoms with Gasteiger partial charge in [0.05, 0.1) is 0 Å². The van der Waals surface area contributed by atoms with E-state index in [4.69, 9.17) is 5.73 Å². The molecule has 0 atom stereocenters. The van der Waals surface area contributed by atoms with Crippen molar-refractivity contribution in [3.63, 3.8) is 0 Å². The lowest BCUT2D eigenvalue weighted by molar-refractivity contribution is -0.118. The van der Waals surface area contributed by atoms with E-state index in [1.165, 1.54) is 0 Å². The number of unbranched alkanes of at least 4 members (excludes halogenated alkanes) is 1. The van der Waals surface area contributed by atoms with Crippen molar-refractivity contribution >= 4 is 17.8 Å². The lowest BCUT2D eigenvalue weighted by atomic mass is 10.2. The lowest BCUT2D eigenvalue weighted by Gasteiger charge is -2.08. The number of nitrogens with one attached hydrogen (secondary N) is 2. The van der Waals surface area contributed by atoms with E-state index in [2.05, 4.69) is 30.6 Å². The number of anilines is 2. The normalized spacial score (nSPS) is 10.3. The van der Waals surface area contributed by atoms with Gasteiger partial charge in [0.15, 0.2) is 0 Å². The van der Waals surface area contributed by atoms with E-state index in [0.717, 1.165) is 12.8 Å². The molecule has 2 aromatic heterocycles. The quantitative estimate of drug-likeness (QED) is 0.592. The summed E-state index contributed by atoms with van der Waals surface area (Å²) >= 11 is 0. The molecule has 0 spiro atoms. The Bertz CT molecular complexity index is 583. The zero-order valence-corrected chi connectivity index (χ0v) is 11.8. The maximum Gasteiger partial charge on any atom is 0.241 e. The average molecular weight is 290 g/mol. The Morgan fingerprint density at radius 3 is 2.76 bits per heavy atom. The van der Waals surface area contributed by atoms with Crippen LogP contribution in [-0.2, 0) is 4.79 Å². The fourth-order valence-electron chi connectivity index (χ4n) is 1.67. The number of hydrogen-bond acceptors (Lipinski definition) is 7. The molecule has 2 aromatic rings. The summed E-state index contributed by atoms with van der Waals surface area (Å²) in [6.07, 6.45) is 6.96. The lowest BCUT2D eigenvalue weighted by Crippen LogP contribution is -2.13. The average Bonchev–Trinajstić information content (AvgIpc) is 3.00. The minimum Gasteiger partial charge on any atom is -0.370 e. The van der Waals surface area contributed by atoms with E-state index < -0.39 is 0 Å². The highest BCUT2D eigenvalue weighted by molar-refractivity contribution is 5.73. The van der Waals surface area contributed by atoms with E-state index in [1.807, 2.05) is 0 Å². The van der Waals surface area contributed by atoms with Crippen molar-refractivity contribution in [2.75, 3.05) is 24.2 Å². The number of nitrogens with two attached hydrogens (primary N) is 1. The van der Waals surface area contributed by atoms with E-state index in [9.17, 15) is 4.79 Å². The van der Waals surface area contributed by atoms with Crippen LogP contribution in [0.3, 0.4) is 0 Å². The highest BCUT2D eigenvalue weighted by atomic mass is 16.1. The predicted octanol–water partition coefficient (Wildman–Crippen LogP) is 0.167. The van der Waals surface area contributed by atoms with E-state index >= 15 is 0 Å². The minimum atomic E-state index is -0.282.